The first-order valence-electron chi connectivity index (χ1n) is 28.1. The quantitative estimate of drug-likeness (QED) is 0.0935. The average Bonchev–Trinajstić information content (AvgIpc) is 4.36. The number of hydrogen-bond donors (Lipinski definition) is 3. The molecular weight excluding hydrogens is 1100 g/mol. The van der Waals surface area contributed by atoms with Gasteiger partial charge in [0.1, 0.15) is 36.6 Å². The molecule has 4 aromatic heterocycles. The molecule has 0 bridgehead atoms. The highest BCUT2D eigenvalue weighted by Gasteiger charge is 2.64. The van der Waals surface area contributed by atoms with Gasteiger partial charge in [0, 0.05) is 6.92 Å². The standard InChI is InChI=1S/C28H51N5O7Si3.C23H41N5O6Si2/c1-16(2)42(17(3)4)36-14-21-23(39-43(40-42,18(5)6)19(7)8)24(38-41(11,12)13)27(37-21)33-15-29-22-25(33)31-28(30-20(9)34)32-26(22)35-10;1-12(2)35(13(3)4)31-10-16-19(33-36(34-35,14(5)6)15(7)8)18(29)22(32-16)28-11-25-17-20(28)26-23(24)27-21(17)30-9/h15-19,21,23-24,27H,14H2,1-13H3,(H,30,31,32,34);11-16,18-19,22,29H,10H2,1-9H3,(H2,24,26,27)/t21-,23-,24-,27-;16-,18-,19-,22-/m11/s1. The number of hydrogen-bond acceptors (Lipinski definition) is 20. The number of rotatable bonds is 15. The van der Waals surface area contributed by atoms with Gasteiger partial charge in [0.25, 0.3) is 0 Å². The van der Waals surface area contributed by atoms with Crippen molar-refractivity contribution in [2.75, 3.05) is 38.5 Å². The van der Waals surface area contributed by atoms with Crippen LogP contribution in [0.1, 0.15) is 130 Å². The Hall–Kier alpha value is -3.35. The fraction of sp³-hybridized carbons (Fsp3) is 0.784. The Morgan fingerprint density at radius 2 is 1.04 bits per heavy atom. The van der Waals surface area contributed by atoms with E-state index in [1.165, 1.54) is 21.1 Å². The van der Waals surface area contributed by atoms with Gasteiger partial charge in [-0.05, 0) is 64.0 Å². The number of carbonyl (C=O) groups excluding carboxylic acids is 1. The van der Waals surface area contributed by atoms with Crippen LogP contribution in [0.5, 0.6) is 11.8 Å². The summed E-state index contributed by atoms with van der Waals surface area (Å²) in [5.41, 5.74) is 9.16. The Bertz CT molecular complexity index is 2710. The van der Waals surface area contributed by atoms with Crippen LogP contribution in [0.25, 0.3) is 22.3 Å². The number of imidazole rings is 2. The highest BCUT2D eigenvalue weighted by Crippen LogP contribution is 2.51. The van der Waals surface area contributed by atoms with E-state index < -0.39 is 91.6 Å². The highest BCUT2D eigenvalue weighted by atomic mass is 28.5. The molecule has 0 spiro atoms. The number of carbonyl (C=O) groups is 1. The third-order valence-corrected chi connectivity index (χ3v) is 37.2. The van der Waals surface area contributed by atoms with Crippen LogP contribution >= 0.6 is 0 Å². The number of nitrogens with two attached hydrogens (primary N) is 1. The van der Waals surface area contributed by atoms with E-state index in [1.807, 2.05) is 4.57 Å². The van der Waals surface area contributed by atoms with E-state index in [1.54, 1.807) is 17.2 Å². The zero-order valence-electron chi connectivity index (χ0n) is 50.8. The van der Waals surface area contributed by atoms with Crippen molar-refractivity contribution in [2.45, 2.75) is 231 Å². The first kappa shape index (κ1) is 63.2. The molecule has 4 N–H and O–H groups in total. The van der Waals surface area contributed by atoms with Gasteiger partial charge in [-0.15, -0.1) is 0 Å². The average molecular weight is 1190 g/mol. The molecule has 0 aliphatic carbocycles. The lowest BCUT2D eigenvalue weighted by Crippen LogP contribution is -2.66. The van der Waals surface area contributed by atoms with E-state index in [9.17, 15) is 9.90 Å². The first-order valence-corrected chi connectivity index (χ1v) is 39.4. The van der Waals surface area contributed by atoms with Gasteiger partial charge in [0.2, 0.25) is 29.6 Å². The van der Waals surface area contributed by atoms with Crippen LogP contribution in [0.2, 0.25) is 64.0 Å². The van der Waals surface area contributed by atoms with Crippen molar-refractivity contribution in [3.05, 3.63) is 12.7 Å². The normalized spacial score (nSPS) is 26.9. The van der Waals surface area contributed by atoms with Gasteiger partial charge in [-0.3, -0.25) is 19.2 Å². The van der Waals surface area contributed by atoms with E-state index in [0.717, 1.165) is 0 Å². The van der Waals surface area contributed by atoms with Gasteiger partial charge in [0.15, 0.2) is 43.1 Å². The first-order chi connectivity index (χ1) is 36.8. The molecular formula is C51H92N10O13Si5. The van der Waals surface area contributed by atoms with Crippen LogP contribution < -0.4 is 20.5 Å². The molecule has 4 saturated heterocycles. The summed E-state index contributed by atoms with van der Waals surface area (Å²) in [6.07, 6.45) is -1.64. The maximum absolute atomic E-state index is 11.9. The zero-order chi connectivity index (χ0) is 58.6. The minimum atomic E-state index is -2.92. The number of amides is 1. The Balaban J connectivity index is 0.000000232. The van der Waals surface area contributed by atoms with Crippen molar-refractivity contribution in [2.24, 2.45) is 0 Å². The Labute approximate surface area is 472 Å². The van der Waals surface area contributed by atoms with Crippen molar-refractivity contribution in [1.29, 1.82) is 0 Å². The molecule has 8 atom stereocenters. The third-order valence-electron chi connectivity index (χ3n) is 15.8. The monoisotopic (exact) mass is 1190 g/mol. The number of nitrogens with zero attached hydrogens (tertiary/aromatic N) is 8. The highest BCUT2D eigenvalue weighted by molar-refractivity contribution is 6.84. The number of ether oxygens (including phenoxy) is 4. The summed E-state index contributed by atoms with van der Waals surface area (Å²) in [6.45, 7) is 43.4. The van der Waals surface area contributed by atoms with Crippen molar-refractivity contribution in [3.63, 3.8) is 0 Å². The van der Waals surface area contributed by atoms with E-state index >= 15 is 0 Å². The minimum absolute atomic E-state index is 0.0447. The number of methoxy groups -OCH3 is 2. The number of anilines is 2. The molecule has 4 aliphatic heterocycles. The molecule has 0 saturated carbocycles. The molecule has 4 aromatic rings. The summed E-state index contributed by atoms with van der Waals surface area (Å²) in [4.78, 5) is 38.3. The van der Waals surface area contributed by atoms with Gasteiger partial charge in [-0.25, -0.2) is 9.97 Å². The Kier molecular flexibility index (Phi) is 19.3. The SMILES string of the molecule is COc1nc(N)nc2c1ncn2[C@@H]1O[C@@H]2CO[Si](C(C)C)(C(C)C)O[Si](C(C)C)(C(C)C)O[C@H]2[C@H]1O.COc1nc(NC(C)=O)nc2c1ncn2[C@@H]1O[C@@H]2CO[Si](C(C)C)(C(C)C)O[Si](C(C)C)(C(C)C)O[C@H]2[C@H]1O[Si](C)(C)C. The Morgan fingerprint density at radius 3 is 1.47 bits per heavy atom. The second-order valence-electron chi connectivity index (χ2n) is 24.9. The minimum Gasteiger partial charge on any atom is -0.479 e. The fourth-order valence-corrected chi connectivity index (χ4v) is 35.4. The summed E-state index contributed by atoms with van der Waals surface area (Å²) in [7, 11) is -10.4. The smallest absolute Gasteiger partial charge is 0.335 e. The third kappa shape index (κ3) is 11.9. The van der Waals surface area contributed by atoms with Gasteiger partial charge >= 0.3 is 34.2 Å². The molecule has 8 heterocycles. The van der Waals surface area contributed by atoms with Crippen molar-refractivity contribution in [3.8, 4) is 11.8 Å². The molecule has 0 radical (unpaired) electrons. The van der Waals surface area contributed by atoms with E-state index in [-0.39, 0.29) is 80.5 Å². The van der Waals surface area contributed by atoms with E-state index in [2.05, 4.69) is 166 Å². The van der Waals surface area contributed by atoms with Gasteiger partial charge in [-0.2, -0.15) is 19.9 Å². The molecule has 4 fully saturated rings. The fourth-order valence-electron chi connectivity index (χ4n) is 11.9. The van der Waals surface area contributed by atoms with Crippen LogP contribution in [0.15, 0.2) is 12.7 Å². The van der Waals surface area contributed by atoms with Crippen LogP contribution in [0.4, 0.5) is 11.9 Å². The molecule has 0 unspecified atom stereocenters. The lowest BCUT2D eigenvalue weighted by Gasteiger charge is -2.51. The summed E-state index contributed by atoms with van der Waals surface area (Å²) < 4.78 is 77.3. The van der Waals surface area contributed by atoms with Gasteiger partial charge < -0.3 is 60.1 Å². The van der Waals surface area contributed by atoms with Crippen molar-refractivity contribution >= 4 is 82.7 Å². The molecule has 23 nitrogen and oxygen atoms in total. The maximum Gasteiger partial charge on any atom is 0.335 e. The van der Waals surface area contributed by atoms with Gasteiger partial charge in [0.05, 0.1) is 40.1 Å². The summed E-state index contributed by atoms with van der Waals surface area (Å²) in [6, 6.07) is 0. The molecule has 4 aliphatic rings. The molecule has 444 valence electrons. The number of nitrogen functional groups attached to an aromatic ring is 1. The number of nitrogens with one attached hydrogen (secondary N) is 1. The predicted molar refractivity (Wildman–Crippen MR) is 312 cm³/mol. The largest absolute Gasteiger partial charge is 0.479 e. The molecule has 1 amide bonds. The molecule has 8 rings (SSSR count). The van der Waals surface area contributed by atoms with Crippen molar-refractivity contribution in [1.82, 2.24) is 39.0 Å². The summed E-state index contributed by atoms with van der Waals surface area (Å²) >= 11 is 0. The van der Waals surface area contributed by atoms with Crippen LogP contribution in [0.3, 0.4) is 0 Å². The molecule has 79 heavy (non-hydrogen) atoms. The zero-order valence-corrected chi connectivity index (χ0v) is 55.8. The summed E-state index contributed by atoms with van der Waals surface area (Å²) in [5, 5.41) is 14.3. The number of aliphatic hydroxyl groups excluding tert-OH is 1. The molecule has 0 aromatic carbocycles. The van der Waals surface area contributed by atoms with Gasteiger partial charge in [-0.1, -0.05) is 111 Å². The molecule has 28 heteroatoms. The number of aliphatic hydroxyl groups is 1. The van der Waals surface area contributed by atoms with E-state index in [4.69, 9.17) is 55.0 Å². The lowest BCUT2D eigenvalue weighted by molar-refractivity contribution is -0.114. The van der Waals surface area contributed by atoms with Crippen LogP contribution in [-0.2, 0) is 44.6 Å². The maximum atomic E-state index is 11.9. The van der Waals surface area contributed by atoms with Crippen LogP contribution in [0, 0.1) is 0 Å². The summed E-state index contributed by atoms with van der Waals surface area (Å²) in [5.74, 6) is 0.388. The van der Waals surface area contributed by atoms with Crippen LogP contribution in [-0.4, -0.2) is 157 Å². The topological polar surface area (TPSA) is 264 Å². The predicted octanol–water partition coefficient (Wildman–Crippen LogP) is 9.50. The lowest BCUT2D eigenvalue weighted by atomic mass is 10.1. The van der Waals surface area contributed by atoms with E-state index in [0.29, 0.717) is 28.9 Å². The second kappa shape index (κ2) is 24.1. The number of aromatic nitrogens is 8. The number of fused-ring (bicyclic) bond motifs is 4. The second-order valence-corrected chi connectivity index (χ2v) is 47.1. The van der Waals surface area contributed by atoms with Crippen molar-refractivity contribution < 1.29 is 59.2 Å². The Morgan fingerprint density at radius 1 is 0.633 bits per heavy atom.